The van der Waals surface area contributed by atoms with Crippen LogP contribution in [0.4, 0.5) is 0 Å². The number of rotatable bonds is 3. The molecule has 0 aliphatic heterocycles. The first-order valence-electron chi connectivity index (χ1n) is 5.28. The zero-order valence-electron chi connectivity index (χ0n) is 10.9. The van der Waals surface area contributed by atoms with Gasteiger partial charge in [0.05, 0.1) is 26.0 Å². The van der Waals surface area contributed by atoms with Gasteiger partial charge in [-0.05, 0) is 26.8 Å². The maximum Gasteiger partial charge on any atom is 0.359 e. The zero-order chi connectivity index (χ0) is 13.1. The number of hydrogen-bond donors (Lipinski definition) is 0. The van der Waals surface area contributed by atoms with Crippen molar-refractivity contribution >= 4 is 12.0 Å². The van der Waals surface area contributed by atoms with E-state index in [2.05, 4.69) is 5.10 Å². The van der Waals surface area contributed by atoms with Crippen LogP contribution in [0.1, 0.15) is 36.8 Å². The summed E-state index contributed by atoms with van der Waals surface area (Å²) in [6, 6.07) is 0. The van der Waals surface area contributed by atoms with E-state index in [0.717, 1.165) is 0 Å². The predicted molar refractivity (Wildman–Crippen MR) is 64.6 cm³/mol. The summed E-state index contributed by atoms with van der Waals surface area (Å²) in [5.41, 5.74) is 0.770. The summed E-state index contributed by atoms with van der Waals surface area (Å²) in [6.45, 7) is 6.01. The fraction of sp³-hybridized carbons (Fsp3) is 0.500. The van der Waals surface area contributed by atoms with Gasteiger partial charge in [-0.25, -0.2) is 4.79 Å². The molecule has 1 aromatic heterocycles. The predicted octanol–water partition coefficient (Wildman–Crippen LogP) is 2.04. The Bertz CT molecular complexity index is 427. The Hall–Kier alpha value is -1.78. The molecule has 0 fully saturated rings. The van der Waals surface area contributed by atoms with E-state index in [1.807, 2.05) is 20.8 Å². The minimum absolute atomic E-state index is 0.193. The first-order valence-corrected chi connectivity index (χ1v) is 5.28. The Labute approximate surface area is 101 Å². The van der Waals surface area contributed by atoms with Crippen molar-refractivity contribution in [1.29, 1.82) is 0 Å². The molecule has 5 heteroatoms. The van der Waals surface area contributed by atoms with Crippen molar-refractivity contribution in [3.05, 3.63) is 23.7 Å². The Morgan fingerprint density at radius 3 is 2.53 bits per heavy atom. The van der Waals surface area contributed by atoms with E-state index in [4.69, 9.17) is 9.47 Å². The van der Waals surface area contributed by atoms with Crippen molar-refractivity contribution in [2.75, 3.05) is 14.2 Å². The molecule has 0 amide bonds. The van der Waals surface area contributed by atoms with Gasteiger partial charge in [-0.2, -0.15) is 5.10 Å². The average molecular weight is 238 g/mol. The molecule has 1 heterocycles. The van der Waals surface area contributed by atoms with Crippen molar-refractivity contribution in [2.24, 2.45) is 0 Å². The summed E-state index contributed by atoms with van der Waals surface area (Å²) in [4.78, 5) is 11.6. The number of carbonyl (C=O) groups is 1. The molecule has 0 atom stereocenters. The first kappa shape index (κ1) is 13.3. The van der Waals surface area contributed by atoms with Gasteiger partial charge in [0.2, 0.25) is 0 Å². The van der Waals surface area contributed by atoms with Crippen LogP contribution < -0.4 is 0 Å². The highest BCUT2D eigenvalue weighted by Crippen LogP contribution is 2.18. The second kappa shape index (κ2) is 5.03. The summed E-state index contributed by atoms with van der Waals surface area (Å²) in [5, 5.41) is 4.24. The van der Waals surface area contributed by atoms with Crippen molar-refractivity contribution in [1.82, 2.24) is 9.78 Å². The largest absolute Gasteiger partial charge is 0.504 e. The SMILES string of the molecule is COC=Cc1cn(C(C)(C)C)nc1C(=O)OC. The first-order chi connectivity index (χ1) is 7.90. The molecule has 17 heavy (non-hydrogen) atoms. The van der Waals surface area contributed by atoms with Crippen LogP contribution >= 0.6 is 0 Å². The fourth-order valence-corrected chi connectivity index (χ4v) is 1.25. The third-order valence-corrected chi connectivity index (χ3v) is 2.19. The third kappa shape index (κ3) is 3.09. The summed E-state index contributed by atoms with van der Waals surface area (Å²) in [6.07, 6.45) is 4.97. The maximum absolute atomic E-state index is 11.6. The molecule has 0 saturated heterocycles. The van der Waals surface area contributed by atoms with Gasteiger partial charge in [0, 0.05) is 11.8 Å². The summed E-state index contributed by atoms with van der Waals surface area (Å²) in [5.74, 6) is -0.455. The number of hydrogen-bond acceptors (Lipinski definition) is 4. The van der Waals surface area contributed by atoms with Crippen LogP contribution in [-0.2, 0) is 15.0 Å². The quantitative estimate of drug-likeness (QED) is 0.597. The van der Waals surface area contributed by atoms with Crippen LogP contribution in [0.5, 0.6) is 0 Å². The fourth-order valence-electron chi connectivity index (χ4n) is 1.25. The van der Waals surface area contributed by atoms with E-state index in [1.54, 1.807) is 24.1 Å². The summed E-state index contributed by atoms with van der Waals surface area (Å²) in [7, 11) is 2.88. The molecular weight excluding hydrogens is 220 g/mol. The topological polar surface area (TPSA) is 53.4 Å². The van der Waals surface area contributed by atoms with Gasteiger partial charge < -0.3 is 9.47 Å². The number of nitrogens with zero attached hydrogens (tertiary/aromatic N) is 2. The van der Waals surface area contributed by atoms with Gasteiger partial charge in [0.25, 0.3) is 0 Å². The number of carbonyl (C=O) groups excluding carboxylic acids is 1. The maximum atomic E-state index is 11.6. The molecule has 0 aliphatic carbocycles. The molecule has 5 nitrogen and oxygen atoms in total. The highest BCUT2D eigenvalue weighted by Gasteiger charge is 2.21. The van der Waals surface area contributed by atoms with Crippen LogP contribution in [0.3, 0.4) is 0 Å². The van der Waals surface area contributed by atoms with Crippen LogP contribution in [0.25, 0.3) is 6.08 Å². The molecule has 0 radical (unpaired) electrons. The van der Waals surface area contributed by atoms with Gasteiger partial charge in [-0.3, -0.25) is 4.68 Å². The Morgan fingerprint density at radius 2 is 2.06 bits per heavy atom. The number of esters is 1. The second-order valence-corrected chi connectivity index (χ2v) is 4.58. The lowest BCUT2D eigenvalue weighted by Crippen LogP contribution is -2.22. The molecule has 94 valence electrons. The molecule has 0 aromatic carbocycles. The van der Waals surface area contributed by atoms with Crippen molar-refractivity contribution in [3.63, 3.8) is 0 Å². The van der Waals surface area contributed by atoms with Gasteiger partial charge >= 0.3 is 5.97 Å². The zero-order valence-corrected chi connectivity index (χ0v) is 10.9. The molecule has 0 unspecified atom stereocenters. The summed E-state index contributed by atoms with van der Waals surface area (Å²) < 4.78 is 11.3. The highest BCUT2D eigenvalue weighted by atomic mass is 16.5. The van der Waals surface area contributed by atoms with Crippen LogP contribution in [0.15, 0.2) is 12.5 Å². The lowest BCUT2D eigenvalue weighted by atomic mass is 10.1. The second-order valence-electron chi connectivity index (χ2n) is 4.58. The van der Waals surface area contributed by atoms with E-state index < -0.39 is 5.97 Å². The summed E-state index contributed by atoms with van der Waals surface area (Å²) >= 11 is 0. The number of aromatic nitrogens is 2. The molecule has 0 bridgehead atoms. The number of ether oxygens (including phenoxy) is 2. The van der Waals surface area contributed by atoms with Crippen LogP contribution in [0, 0.1) is 0 Å². The lowest BCUT2D eigenvalue weighted by molar-refractivity contribution is 0.0592. The number of methoxy groups -OCH3 is 2. The monoisotopic (exact) mass is 238 g/mol. The minimum atomic E-state index is -0.455. The minimum Gasteiger partial charge on any atom is -0.504 e. The molecule has 0 aliphatic rings. The van der Waals surface area contributed by atoms with Gasteiger partial charge in [0.15, 0.2) is 5.69 Å². The Balaban J connectivity index is 3.21. The van der Waals surface area contributed by atoms with Crippen molar-refractivity contribution in [3.8, 4) is 0 Å². The van der Waals surface area contributed by atoms with E-state index in [1.165, 1.54) is 13.4 Å². The molecule has 1 aromatic rings. The third-order valence-electron chi connectivity index (χ3n) is 2.19. The Morgan fingerprint density at radius 1 is 1.41 bits per heavy atom. The van der Waals surface area contributed by atoms with E-state index in [9.17, 15) is 4.79 Å². The smallest absolute Gasteiger partial charge is 0.359 e. The van der Waals surface area contributed by atoms with Gasteiger partial charge in [-0.15, -0.1) is 0 Å². The molecule has 0 saturated carbocycles. The van der Waals surface area contributed by atoms with Gasteiger partial charge in [0.1, 0.15) is 0 Å². The molecule has 1 rings (SSSR count). The molecule has 0 spiro atoms. The van der Waals surface area contributed by atoms with E-state index in [0.29, 0.717) is 5.56 Å². The van der Waals surface area contributed by atoms with Gasteiger partial charge in [-0.1, -0.05) is 0 Å². The van der Waals surface area contributed by atoms with Crippen molar-refractivity contribution in [2.45, 2.75) is 26.3 Å². The molecule has 0 N–H and O–H groups in total. The van der Waals surface area contributed by atoms with Crippen molar-refractivity contribution < 1.29 is 14.3 Å². The van der Waals surface area contributed by atoms with Crippen LogP contribution in [-0.4, -0.2) is 30.0 Å². The average Bonchev–Trinajstić information content (AvgIpc) is 2.68. The highest BCUT2D eigenvalue weighted by molar-refractivity contribution is 5.91. The van der Waals surface area contributed by atoms with E-state index in [-0.39, 0.29) is 11.2 Å². The van der Waals surface area contributed by atoms with E-state index >= 15 is 0 Å². The lowest BCUT2D eigenvalue weighted by Gasteiger charge is -2.18. The standard InChI is InChI=1S/C12H18N2O3/c1-12(2,3)14-8-9(6-7-16-4)10(13-14)11(15)17-5/h6-8H,1-5H3. The Kier molecular flexibility index (Phi) is 3.93. The van der Waals surface area contributed by atoms with Crippen LogP contribution in [0.2, 0.25) is 0 Å². The molecular formula is C12H18N2O3. The normalized spacial score (nSPS) is 11.8.